The summed E-state index contributed by atoms with van der Waals surface area (Å²) >= 11 is 0. The second-order valence-electron chi connectivity index (χ2n) is 4.19. The van der Waals surface area contributed by atoms with Crippen LogP contribution < -0.4 is 5.32 Å². The van der Waals surface area contributed by atoms with Crippen molar-refractivity contribution in [1.82, 2.24) is 10.2 Å². The number of likely N-dealkylation sites (N-methyl/N-ethyl adjacent to an activating group) is 1. The van der Waals surface area contributed by atoms with Gasteiger partial charge in [-0.3, -0.25) is 14.5 Å². The standard InChI is InChI=1S/C12H22N2O3/c1-4-9(12(16)17-5-2)14-8-6-7-10(14)11(15)13-3/h9-10H,4-8H2,1-3H3,(H,13,15). The first kappa shape index (κ1) is 14.0. The van der Waals surface area contributed by atoms with Gasteiger partial charge in [0.2, 0.25) is 5.91 Å². The summed E-state index contributed by atoms with van der Waals surface area (Å²) in [6.07, 6.45) is 2.44. The number of ether oxygens (including phenoxy) is 1. The third-order valence-corrected chi connectivity index (χ3v) is 3.19. The van der Waals surface area contributed by atoms with Gasteiger partial charge in [0.25, 0.3) is 0 Å². The van der Waals surface area contributed by atoms with Crippen molar-refractivity contribution in [2.75, 3.05) is 20.2 Å². The molecule has 0 aromatic carbocycles. The van der Waals surface area contributed by atoms with E-state index in [4.69, 9.17) is 4.74 Å². The zero-order chi connectivity index (χ0) is 12.8. The Morgan fingerprint density at radius 2 is 2.18 bits per heavy atom. The fourth-order valence-corrected chi connectivity index (χ4v) is 2.39. The van der Waals surface area contributed by atoms with E-state index in [2.05, 4.69) is 5.32 Å². The SMILES string of the molecule is CCOC(=O)C(CC)N1CCCC1C(=O)NC. The minimum atomic E-state index is -0.292. The summed E-state index contributed by atoms with van der Waals surface area (Å²) in [6, 6.07) is -0.478. The van der Waals surface area contributed by atoms with E-state index in [1.165, 1.54) is 0 Å². The molecule has 2 atom stereocenters. The van der Waals surface area contributed by atoms with E-state index in [0.717, 1.165) is 19.4 Å². The molecule has 1 amide bonds. The van der Waals surface area contributed by atoms with Crippen molar-refractivity contribution in [2.45, 2.75) is 45.2 Å². The van der Waals surface area contributed by atoms with Gasteiger partial charge >= 0.3 is 5.97 Å². The smallest absolute Gasteiger partial charge is 0.323 e. The molecule has 2 unspecified atom stereocenters. The number of carbonyl (C=O) groups is 2. The maximum atomic E-state index is 11.8. The number of esters is 1. The van der Waals surface area contributed by atoms with Crippen molar-refractivity contribution in [3.05, 3.63) is 0 Å². The van der Waals surface area contributed by atoms with Crippen LogP contribution in [0.25, 0.3) is 0 Å². The number of hydrogen-bond acceptors (Lipinski definition) is 4. The maximum Gasteiger partial charge on any atom is 0.323 e. The van der Waals surface area contributed by atoms with Crippen molar-refractivity contribution in [3.8, 4) is 0 Å². The zero-order valence-electron chi connectivity index (χ0n) is 10.9. The van der Waals surface area contributed by atoms with Gasteiger partial charge in [-0.2, -0.15) is 0 Å². The van der Waals surface area contributed by atoms with Gasteiger partial charge in [-0.15, -0.1) is 0 Å². The highest BCUT2D eigenvalue weighted by Crippen LogP contribution is 2.22. The fraction of sp³-hybridized carbons (Fsp3) is 0.833. The summed E-state index contributed by atoms with van der Waals surface area (Å²) in [6.45, 7) is 4.91. The lowest BCUT2D eigenvalue weighted by Gasteiger charge is -2.29. The van der Waals surface area contributed by atoms with Gasteiger partial charge in [-0.05, 0) is 32.7 Å². The zero-order valence-corrected chi connectivity index (χ0v) is 10.9. The second kappa shape index (κ2) is 6.59. The van der Waals surface area contributed by atoms with Crippen LogP contribution in [0, 0.1) is 0 Å². The minimum absolute atomic E-state index is 0.00903. The number of likely N-dealkylation sites (tertiary alicyclic amines) is 1. The molecule has 1 N–H and O–H groups in total. The molecule has 1 fully saturated rings. The molecule has 5 nitrogen and oxygen atoms in total. The molecule has 0 aromatic heterocycles. The van der Waals surface area contributed by atoms with Crippen LogP contribution in [0.2, 0.25) is 0 Å². The molecule has 0 spiro atoms. The molecular formula is C12H22N2O3. The van der Waals surface area contributed by atoms with Crippen LogP contribution >= 0.6 is 0 Å². The Hall–Kier alpha value is -1.10. The normalized spacial score (nSPS) is 22.2. The quantitative estimate of drug-likeness (QED) is 0.715. The lowest BCUT2D eigenvalue weighted by Crippen LogP contribution is -2.50. The van der Waals surface area contributed by atoms with Crippen LogP contribution in [0.1, 0.15) is 33.1 Å². The summed E-state index contributed by atoms with van der Waals surface area (Å²) in [5, 5.41) is 2.65. The van der Waals surface area contributed by atoms with Crippen LogP contribution in [0.3, 0.4) is 0 Å². The number of nitrogens with zero attached hydrogens (tertiary/aromatic N) is 1. The van der Waals surface area contributed by atoms with Crippen molar-refractivity contribution in [3.63, 3.8) is 0 Å². The first-order valence-corrected chi connectivity index (χ1v) is 6.29. The van der Waals surface area contributed by atoms with Crippen LogP contribution in [0.5, 0.6) is 0 Å². The molecule has 0 radical (unpaired) electrons. The summed E-state index contributed by atoms with van der Waals surface area (Å²) in [7, 11) is 1.63. The predicted molar refractivity (Wildman–Crippen MR) is 64.5 cm³/mol. The molecule has 1 rings (SSSR count). The summed E-state index contributed by atoms with van der Waals surface area (Å²) in [5.41, 5.74) is 0. The van der Waals surface area contributed by atoms with Gasteiger partial charge in [0.1, 0.15) is 6.04 Å². The molecule has 1 heterocycles. The average Bonchev–Trinajstić information content (AvgIpc) is 2.78. The summed E-state index contributed by atoms with van der Waals surface area (Å²) < 4.78 is 5.06. The van der Waals surface area contributed by atoms with Crippen LogP contribution in [0.15, 0.2) is 0 Å². The van der Waals surface area contributed by atoms with Gasteiger partial charge in [0.15, 0.2) is 0 Å². The van der Waals surface area contributed by atoms with E-state index in [1.807, 2.05) is 11.8 Å². The molecular weight excluding hydrogens is 220 g/mol. The second-order valence-corrected chi connectivity index (χ2v) is 4.19. The lowest BCUT2D eigenvalue weighted by molar-refractivity contribution is -0.150. The summed E-state index contributed by atoms with van der Waals surface area (Å²) in [5.74, 6) is -0.226. The van der Waals surface area contributed by atoms with Gasteiger partial charge in [0, 0.05) is 7.05 Å². The van der Waals surface area contributed by atoms with E-state index in [0.29, 0.717) is 13.0 Å². The van der Waals surface area contributed by atoms with Crippen molar-refractivity contribution in [1.29, 1.82) is 0 Å². The lowest BCUT2D eigenvalue weighted by atomic mass is 10.1. The highest BCUT2D eigenvalue weighted by Gasteiger charge is 2.37. The van der Waals surface area contributed by atoms with E-state index < -0.39 is 0 Å². The Morgan fingerprint density at radius 3 is 2.71 bits per heavy atom. The topological polar surface area (TPSA) is 58.6 Å². The van der Waals surface area contributed by atoms with E-state index >= 15 is 0 Å². The molecule has 5 heteroatoms. The molecule has 0 aliphatic carbocycles. The first-order valence-electron chi connectivity index (χ1n) is 6.29. The molecule has 1 aliphatic heterocycles. The van der Waals surface area contributed by atoms with E-state index in [-0.39, 0.29) is 24.0 Å². The Morgan fingerprint density at radius 1 is 1.47 bits per heavy atom. The first-order chi connectivity index (χ1) is 8.15. The highest BCUT2D eigenvalue weighted by atomic mass is 16.5. The Balaban J connectivity index is 2.73. The molecule has 1 saturated heterocycles. The number of carbonyl (C=O) groups excluding carboxylic acids is 2. The molecule has 1 aliphatic rings. The Kier molecular flexibility index (Phi) is 5.41. The molecule has 0 saturated carbocycles. The molecule has 0 aromatic rings. The van der Waals surface area contributed by atoms with Crippen molar-refractivity contribution >= 4 is 11.9 Å². The van der Waals surface area contributed by atoms with Crippen molar-refractivity contribution in [2.24, 2.45) is 0 Å². The highest BCUT2D eigenvalue weighted by molar-refractivity contribution is 5.83. The Bertz CT molecular complexity index is 281. The fourth-order valence-electron chi connectivity index (χ4n) is 2.39. The third-order valence-electron chi connectivity index (χ3n) is 3.19. The number of hydrogen-bond donors (Lipinski definition) is 1. The third kappa shape index (κ3) is 3.19. The molecule has 98 valence electrons. The van der Waals surface area contributed by atoms with Crippen LogP contribution in [0.4, 0.5) is 0 Å². The van der Waals surface area contributed by atoms with E-state index in [1.54, 1.807) is 14.0 Å². The summed E-state index contributed by atoms with van der Waals surface area (Å²) in [4.78, 5) is 25.5. The monoisotopic (exact) mass is 242 g/mol. The van der Waals surface area contributed by atoms with Crippen LogP contribution in [-0.4, -0.2) is 49.1 Å². The minimum Gasteiger partial charge on any atom is -0.465 e. The predicted octanol–water partition coefficient (Wildman–Crippen LogP) is 0.539. The Labute approximate surface area is 102 Å². The van der Waals surface area contributed by atoms with Gasteiger partial charge in [-0.1, -0.05) is 6.92 Å². The van der Waals surface area contributed by atoms with Crippen molar-refractivity contribution < 1.29 is 14.3 Å². The number of amides is 1. The number of rotatable bonds is 5. The number of nitrogens with one attached hydrogen (secondary N) is 1. The van der Waals surface area contributed by atoms with Gasteiger partial charge in [-0.25, -0.2) is 0 Å². The van der Waals surface area contributed by atoms with Gasteiger partial charge < -0.3 is 10.1 Å². The molecule has 0 bridgehead atoms. The van der Waals surface area contributed by atoms with Gasteiger partial charge in [0.05, 0.1) is 12.6 Å². The largest absolute Gasteiger partial charge is 0.465 e. The molecule has 17 heavy (non-hydrogen) atoms. The average molecular weight is 242 g/mol. The van der Waals surface area contributed by atoms with E-state index in [9.17, 15) is 9.59 Å². The van der Waals surface area contributed by atoms with Crippen LogP contribution in [-0.2, 0) is 14.3 Å². The maximum absolute atomic E-state index is 11.8.